The number of aryl methyl sites for hydroxylation is 2. The number of hydrogen-bond donors (Lipinski definition) is 3. The largest absolute Gasteiger partial charge is 0.390 e. The highest BCUT2D eigenvalue weighted by Gasteiger charge is 2.40. The van der Waals surface area contributed by atoms with E-state index in [4.69, 9.17) is 0 Å². The number of nitrogens with one attached hydrogen (secondary N) is 2. The molecule has 1 aliphatic heterocycles. The van der Waals surface area contributed by atoms with Crippen LogP contribution >= 0.6 is 0 Å². The summed E-state index contributed by atoms with van der Waals surface area (Å²) in [7, 11) is 0. The van der Waals surface area contributed by atoms with E-state index in [1.807, 2.05) is 0 Å². The van der Waals surface area contributed by atoms with E-state index in [9.17, 15) is 5.11 Å². The van der Waals surface area contributed by atoms with Gasteiger partial charge in [-0.3, -0.25) is 0 Å². The monoisotopic (exact) mass is 476 g/mol. The van der Waals surface area contributed by atoms with Crippen LogP contribution in [0, 0.1) is 25.7 Å². The topological polar surface area (TPSA) is 48.0 Å². The molecule has 3 N–H and O–H groups in total. The molecule has 5 rings (SSSR count). The minimum Gasteiger partial charge on any atom is -0.390 e. The number of aliphatic hydroxyl groups is 1. The molecule has 1 aromatic heterocycles. The van der Waals surface area contributed by atoms with E-state index in [2.05, 4.69) is 125 Å². The third kappa shape index (κ3) is 3.91. The van der Waals surface area contributed by atoms with Crippen LogP contribution in [0.5, 0.6) is 0 Å². The van der Waals surface area contributed by atoms with Gasteiger partial charge in [0.05, 0.1) is 17.2 Å². The molecule has 184 valence electrons. The molecular formula is C33H36N2O. The predicted octanol–water partition coefficient (Wildman–Crippen LogP) is 7.64. The van der Waals surface area contributed by atoms with Gasteiger partial charge in [0.25, 0.3) is 0 Å². The Bertz CT molecular complexity index is 1530. The summed E-state index contributed by atoms with van der Waals surface area (Å²) in [5.41, 5.74) is 10.8. The van der Waals surface area contributed by atoms with Crippen LogP contribution in [-0.2, 0) is 0 Å². The Kier molecular flexibility index (Phi) is 5.97. The average Bonchev–Trinajstić information content (AvgIpc) is 3.23. The molecule has 0 saturated carbocycles. The molecule has 36 heavy (non-hydrogen) atoms. The number of rotatable bonds is 2. The lowest BCUT2D eigenvalue weighted by Gasteiger charge is -2.43. The van der Waals surface area contributed by atoms with Crippen LogP contribution in [0.15, 0.2) is 54.7 Å². The number of anilines is 1. The maximum atomic E-state index is 11.3. The summed E-state index contributed by atoms with van der Waals surface area (Å²) in [4.78, 5) is 3.50. The molecule has 0 bridgehead atoms. The second kappa shape index (κ2) is 8.87. The number of hydrogen-bond acceptors (Lipinski definition) is 2. The molecule has 1 aliphatic rings. The lowest BCUT2D eigenvalue weighted by atomic mass is 9.75. The summed E-state index contributed by atoms with van der Waals surface area (Å²) in [5, 5.41) is 16.2. The van der Waals surface area contributed by atoms with Gasteiger partial charge < -0.3 is 15.4 Å². The Labute approximate surface area is 215 Å². The molecule has 0 radical (unpaired) electrons. The zero-order valence-corrected chi connectivity index (χ0v) is 22.4. The highest BCUT2D eigenvalue weighted by molar-refractivity contribution is 5.98. The molecular weight excluding hydrogens is 440 g/mol. The zero-order chi connectivity index (χ0) is 25.8. The summed E-state index contributed by atoms with van der Waals surface area (Å²) in [6.07, 6.45) is 1.53. The van der Waals surface area contributed by atoms with Gasteiger partial charge in [0.15, 0.2) is 0 Å². The molecule has 0 unspecified atom stereocenters. The van der Waals surface area contributed by atoms with Gasteiger partial charge in [-0.15, -0.1) is 0 Å². The van der Waals surface area contributed by atoms with Crippen molar-refractivity contribution in [3.05, 3.63) is 88.1 Å². The quantitative estimate of drug-likeness (QED) is 0.260. The zero-order valence-electron chi connectivity index (χ0n) is 22.4. The van der Waals surface area contributed by atoms with Crippen molar-refractivity contribution >= 4 is 16.6 Å². The van der Waals surface area contributed by atoms with Crippen molar-refractivity contribution in [1.29, 1.82) is 0 Å². The summed E-state index contributed by atoms with van der Waals surface area (Å²) in [6, 6.07) is 17.1. The Morgan fingerprint density at radius 3 is 2.44 bits per heavy atom. The van der Waals surface area contributed by atoms with E-state index in [1.54, 1.807) is 0 Å². The van der Waals surface area contributed by atoms with Gasteiger partial charge in [-0.25, -0.2) is 0 Å². The molecule has 0 spiro atoms. The van der Waals surface area contributed by atoms with Crippen molar-refractivity contribution in [1.82, 2.24) is 4.98 Å². The maximum Gasteiger partial charge on any atom is 0.0831 e. The van der Waals surface area contributed by atoms with Crippen molar-refractivity contribution < 1.29 is 5.11 Å². The number of para-hydroxylation sites is 1. The molecule has 0 fully saturated rings. The predicted molar refractivity (Wildman–Crippen MR) is 152 cm³/mol. The van der Waals surface area contributed by atoms with Gasteiger partial charge in [-0.2, -0.15) is 0 Å². The average molecular weight is 477 g/mol. The minimum atomic E-state index is -0.535. The van der Waals surface area contributed by atoms with Crippen LogP contribution in [0.1, 0.15) is 79.8 Å². The number of fused-ring (bicyclic) bond motifs is 2. The van der Waals surface area contributed by atoms with Gasteiger partial charge >= 0.3 is 0 Å². The summed E-state index contributed by atoms with van der Waals surface area (Å²) >= 11 is 0. The first-order valence-corrected chi connectivity index (χ1v) is 12.9. The number of aromatic nitrogens is 1. The van der Waals surface area contributed by atoms with E-state index >= 15 is 0 Å². The first kappa shape index (κ1) is 24.2. The van der Waals surface area contributed by atoms with E-state index < -0.39 is 11.6 Å². The van der Waals surface area contributed by atoms with Crippen molar-refractivity contribution in [3.8, 4) is 23.0 Å². The van der Waals surface area contributed by atoms with Crippen LogP contribution in [0.25, 0.3) is 22.0 Å². The molecule has 0 saturated heterocycles. The maximum absolute atomic E-state index is 11.3. The lowest BCUT2D eigenvalue weighted by molar-refractivity contribution is 0.0868. The number of benzene rings is 3. The molecule has 2 atom stereocenters. The SMILES string of the molecule is Cc1cc(-c2cccc3c(C)c[nH]c23)c(C#Cc2ccccc2C(C)C)c2c1NC(C)(C)[C@H](O)[C@H]2C. The third-order valence-electron chi connectivity index (χ3n) is 7.80. The van der Waals surface area contributed by atoms with E-state index in [0.717, 1.165) is 39.0 Å². The fourth-order valence-electron chi connectivity index (χ4n) is 5.75. The fraction of sp³-hybridized carbons (Fsp3) is 0.333. The summed E-state index contributed by atoms with van der Waals surface area (Å²) in [5.74, 6) is 7.47. The molecule has 3 heteroatoms. The Morgan fingerprint density at radius 1 is 0.944 bits per heavy atom. The minimum absolute atomic E-state index is 0.0656. The van der Waals surface area contributed by atoms with Crippen molar-refractivity contribution in [2.75, 3.05) is 5.32 Å². The second-order valence-corrected chi connectivity index (χ2v) is 11.2. The van der Waals surface area contributed by atoms with Gasteiger partial charge in [0.2, 0.25) is 0 Å². The van der Waals surface area contributed by atoms with E-state index in [-0.39, 0.29) is 5.92 Å². The van der Waals surface area contributed by atoms with Crippen LogP contribution < -0.4 is 5.32 Å². The smallest absolute Gasteiger partial charge is 0.0831 e. The van der Waals surface area contributed by atoms with E-state index in [0.29, 0.717) is 5.92 Å². The molecule has 3 aromatic carbocycles. The van der Waals surface area contributed by atoms with Crippen molar-refractivity contribution in [2.24, 2.45) is 0 Å². The third-order valence-corrected chi connectivity index (χ3v) is 7.80. The van der Waals surface area contributed by atoms with Crippen LogP contribution in [-0.4, -0.2) is 21.7 Å². The van der Waals surface area contributed by atoms with Gasteiger partial charge in [-0.1, -0.05) is 69.0 Å². The van der Waals surface area contributed by atoms with Crippen LogP contribution in [0.3, 0.4) is 0 Å². The first-order chi connectivity index (χ1) is 17.1. The molecule has 0 amide bonds. The summed E-state index contributed by atoms with van der Waals surface area (Å²) in [6.45, 7) is 15.0. The Balaban J connectivity index is 1.84. The van der Waals surface area contributed by atoms with Crippen LogP contribution in [0.4, 0.5) is 5.69 Å². The highest BCUT2D eigenvalue weighted by Crippen LogP contribution is 2.46. The fourth-order valence-corrected chi connectivity index (χ4v) is 5.75. The second-order valence-electron chi connectivity index (χ2n) is 11.2. The number of aromatic amines is 1. The summed E-state index contributed by atoms with van der Waals surface area (Å²) < 4.78 is 0. The van der Waals surface area contributed by atoms with Crippen molar-refractivity contribution in [2.45, 2.75) is 71.9 Å². The molecule has 3 nitrogen and oxygen atoms in total. The normalized spacial score (nSPS) is 18.5. The van der Waals surface area contributed by atoms with Gasteiger partial charge in [0.1, 0.15) is 0 Å². The molecule has 0 aliphatic carbocycles. The van der Waals surface area contributed by atoms with Gasteiger partial charge in [0, 0.05) is 45.4 Å². The van der Waals surface area contributed by atoms with Crippen molar-refractivity contribution in [3.63, 3.8) is 0 Å². The lowest BCUT2D eigenvalue weighted by Crippen LogP contribution is -2.50. The Morgan fingerprint density at radius 2 is 1.69 bits per heavy atom. The number of aliphatic hydroxyl groups excluding tert-OH is 1. The van der Waals surface area contributed by atoms with Crippen LogP contribution in [0.2, 0.25) is 0 Å². The highest BCUT2D eigenvalue weighted by atomic mass is 16.3. The standard InChI is InChI=1S/C33H36N2O/c1-19(2)24-12-9-8-11-23(24)15-16-26-28(27-14-10-13-25-21(4)18-34-31(25)27)17-20(3)30-29(26)22(5)32(36)33(6,7)35-30/h8-14,17-19,22,32,34-36H,1-7H3/t22-,32+/m0/s1. The number of H-pyrrole nitrogens is 1. The first-order valence-electron chi connectivity index (χ1n) is 12.9. The Hall–Kier alpha value is -3.48. The molecule has 4 aromatic rings. The molecule has 2 heterocycles. The van der Waals surface area contributed by atoms with E-state index in [1.165, 1.54) is 22.1 Å². The van der Waals surface area contributed by atoms with Gasteiger partial charge in [-0.05, 0) is 68.0 Å².